The third-order valence-electron chi connectivity index (χ3n) is 4.36. The van der Waals surface area contributed by atoms with Crippen LogP contribution in [0.4, 0.5) is 5.82 Å². The van der Waals surface area contributed by atoms with Gasteiger partial charge in [-0.3, -0.25) is 4.98 Å². The zero-order valence-electron chi connectivity index (χ0n) is 14.7. The van der Waals surface area contributed by atoms with Gasteiger partial charge in [0, 0.05) is 30.4 Å². The van der Waals surface area contributed by atoms with Crippen molar-refractivity contribution in [2.75, 3.05) is 11.9 Å². The molecule has 0 radical (unpaired) electrons. The summed E-state index contributed by atoms with van der Waals surface area (Å²) in [5, 5.41) is 9.04. The maximum atomic E-state index is 6.15. The van der Waals surface area contributed by atoms with Crippen LogP contribution in [0.3, 0.4) is 0 Å². The van der Waals surface area contributed by atoms with Crippen molar-refractivity contribution in [1.29, 1.82) is 0 Å². The quantitative estimate of drug-likeness (QED) is 0.511. The number of nitrogens with zero attached hydrogens (tertiary/aromatic N) is 4. The van der Waals surface area contributed by atoms with Crippen LogP contribution in [0.25, 0.3) is 16.9 Å². The Morgan fingerprint density at radius 2 is 1.93 bits per heavy atom. The molecule has 1 aromatic carbocycles. The number of fused-ring (bicyclic) bond motifs is 1. The molecule has 5 nitrogen and oxygen atoms in total. The van der Waals surface area contributed by atoms with Crippen molar-refractivity contribution in [3.63, 3.8) is 0 Å². The van der Waals surface area contributed by atoms with E-state index in [1.165, 1.54) is 5.56 Å². The normalized spacial score (nSPS) is 11.1. The highest BCUT2D eigenvalue weighted by Gasteiger charge is 2.10. The lowest BCUT2D eigenvalue weighted by molar-refractivity contribution is 0.902. The van der Waals surface area contributed by atoms with E-state index < -0.39 is 0 Å². The number of hydrogen-bond donors (Lipinski definition) is 1. The van der Waals surface area contributed by atoms with Gasteiger partial charge in [0.25, 0.3) is 0 Å². The largest absolute Gasteiger partial charge is 0.368 e. The summed E-state index contributed by atoms with van der Waals surface area (Å²) in [4.78, 5) is 8.84. The van der Waals surface area contributed by atoms with Crippen LogP contribution in [0.1, 0.15) is 11.3 Å². The SMILES string of the molecule is Cc1cccnc1CCNc1ccc2ncc(-c3ccc(Cl)c(Cl)c3)n2n1. The molecule has 0 fully saturated rings. The first-order valence-corrected chi connectivity index (χ1v) is 9.32. The van der Waals surface area contributed by atoms with Gasteiger partial charge in [-0.25, -0.2) is 9.50 Å². The van der Waals surface area contributed by atoms with Gasteiger partial charge >= 0.3 is 0 Å². The Bertz CT molecular complexity index is 1110. The highest BCUT2D eigenvalue weighted by Crippen LogP contribution is 2.28. The second-order valence-electron chi connectivity index (χ2n) is 6.20. The molecular weight excluding hydrogens is 381 g/mol. The van der Waals surface area contributed by atoms with Crippen molar-refractivity contribution < 1.29 is 0 Å². The van der Waals surface area contributed by atoms with E-state index in [9.17, 15) is 0 Å². The summed E-state index contributed by atoms with van der Waals surface area (Å²) in [5.41, 5.74) is 4.81. The Labute approximate surface area is 167 Å². The Balaban J connectivity index is 1.56. The van der Waals surface area contributed by atoms with E-state index in [0.29, 0.717) is 10.0 Å². The maximum Gasteiger partial charge on any atom is 0.154 e. The summed E-state index contributed by atoms with van der Waals surface area (Å²) < 4.78 is 1.80. The van der Waals surface area contributed by atoms with Gasteiger partial charge in [-0.2, -0.15) is 0 Å². The van der Waals surface area contributed by atoms with E-state index in [1.807, 2.05) is 36.5 Å². The van der Waals surface area contributed by atoms with Crippen LogP contribution in [-0.4, -0.2) is 26.1 Å². The molecule has 0 amide bonds. The smallest absolute Gasteiger partial charge is 0.154 e. The number of aromatic nitrogens is 4. The van der Waals surface area contributed by atoms with Crippen LogP contribution >= 0.6 is 23.2 Å². The minimum atomic E-state index is 0.504. The number of anilines is 1. The maximum absolute atomic E-state index is 6.15. The van der Waals surface area contributed by atoms with Gasteiger partial charge in [-0.1, -0.05) is 35.3 Å². The predicted octanol–water partition coefficient (Wildman–Crippen LogP) is 5.06. The molecule has 0 saturated carbocycles. The molecule has 7 heteroatoms. The van der Waals surface area contributed by atoms with Crippen molar-refractivity contribution in [3.05, 3.63) is 76.2 Å². The Morgan fingerprint density at radius 3 is 2.74 bits per heavy atom. The van der Waals surface area contributed by atoms with Crippen molar-refractivity contribution in [2.45, 2.75) is 13.3 Å². The number of nitrogens with one attached hydrogen (secondary N) is 1. The molecule has 136 valence electrons. The van der Waals surface area contributed by atoms with E-state index in [0.717, 1.165) is 41.4 Å². The first-order chi connectivity index (χ1) is 13.1. The topological polar surface area (TPSA) is 55.1 Å². The first-order valence-electron chi connectivity index (χ1n) is 8.56. The summed E-state index contributed by atoms with van der Waals surface area (Å²) >= 11 is 12.2. The van der Waals surface area contributed by atoms with Crippen molar-refractivity contribution in [3.8, 4) is 11.3 Å². The number of imidazole rings is 1. The average Bonchev–Trinajstić information content (AvgIpc) is 3.09. The molecule has 0 unspecified atom stereocenters. The summed E-state index contributed by atoms with van der Waals surface area (Å²) in [6.07, 6.45) is 4.43. The summed E-state index contributed by atoms with van der Waals surface area (Å²) in [5.74, 6) is 0.774. The van der Waals surface area contributed by atoms with E-state index in [1.54, 1.807) is 16.8 Å². The molecule has 4 rings (SSSR count). The lowest BCUT2D eigenvalue weighted by Crippen LogP contribution is -2.09. The molecule has 0 aliphatic rings. The van der Waals surface area contributed by atoms with E-state index >= 15 is 0 Å². The van der Waals surface area contributed by atoms with Crippen LogP contribution in [0.5, 0.6) is 0 Å². The minimum absolute atomic E-state index is 0.504. The molecule has 0 bridgehead atoms. The Morgan fingerprint density at radius 1 is 1.04 bits per heavy atom. The number of pyridine rings is 1. The van der Waals surface area contributed by atoms with Crippen LogP contribution in [0.15, 0.2) is 54.9 Å². The second kappa shape index (κ2) is 7.55. The van der Waals surface area contributed by atoms with Crippen LogP contribution in [0.2, 0.25) is 10.0 Å². The van der Waals surface area contributed by atoms with Crippen molar-refractivity contribution in [1.82, 2.24) is 19.6 Å². The van der Waals surface area contributed by atoms with E-state index in [-0.39, 0.29) is 0 Å². The monoisotopic (exact) mass is 397 g/mol. The van der Waals surface area contributed by atoms with Gasteiger partial charge in [-0.05, 0) is 42.8 Å². The number of hydrogen-bond acceptors (Lipinski definition) is 4. The highest BCUT2D eigenvalue weighted by atomic mass is 35.5. The van der Waals surface area contributed by atoms with Crippen molar-refractivity contribution >= 4 is 34.7 Å². The lowest BCUT2D eigenvalue weighted by Gasteiger charge is -2.08. The Hall–Kier alpha value is -2.63. The summed E-state index contributed by atoms with van der Waals surface area (Å²) in [6.45, 7) is 2.81. The molecule has 0 spiro atoms. The summed E-state index contributed by atoms with van der Waals surface area (Å²) in [7, 11) is 0. The third kappa shape index (κ3) is 3.75. The predicted molar refractivity (Wildman–Crippen MR) is 110 cm³/mol. The molecule has 0 aliphatic heterocycles. The fourth-order valence-electron chi connectivity index (χ4n) is 2.91. The Kier molecular flexibility index (Phi) is 4.97. The van der Waals surface area contributed by atoms with Crippen molar-refractivity contribution in [2.24, 2.45) is 0 Å². The lowest BCUT2D eigenvalue weighted by atomic mass is 10.2. The molecule has 3 aromatic heterocycles. The fraction of sp³-hybridized carbons (Fsp3) is 0.150. The molecule has 3 heterocycles. The third-order valence-corrected chi connectivity index (χ3v) is 5.10. The number of aryl methyl sites for hydroxylation is 1. The van der Waals surface area contributed by atoms with Gasteiger partial charge in [0.05, 0.1) is 21.9 Å². The van der Waals surface area contributed by atoms with Crippen LogP contribution < -0.4 is 5.32 Å². The number of benzene rings is 1. The molecule has 0 atom stereocenters. The van der Waals surface area contributed by atoms with Gasteiger partial charge < -0.3 is 5.32 Å². The van der Waals surface area contributed by atoms with Gasteiger partial charge in [0.2, 0.25) is 0 Å². The first kappa shape index (κ1) is 17.8. The molecule has 0 aliphatic carbocycles. The van der Waals surface area contributed by atoms with Gasteiger partial charge in [0.1, 0.15) is 5.82 Å². The van der Waals surface area contributed by atoms with Crippen LogP contribution in [-0.2, 0) is 6.42 Å². The zero-order valence-corrected chi connectivity index (χ0v) is 16.2. The summed E-state index contributed by atoms with van der Waals surface area (Å²) in [6, 6.07) is 13.4. The van der Waals surface area contributed by atoms with E-state index in [2.05, 4.69) is 33.4 Å². The molecule has 1 N–H and O–H groups in total. The molecule has 0 saturated heterocycles. The standard InChI is InChI=1S/C20H17Cl2N5/c1-13-3-2-9-23-17(13)8-10-24-19-6-7-20-25-12-18(27(20)26-19)14-4-5-15(21)16(22)11-14/h2-7,9,11-12H,8,10H2,1H3,(H,24,26). The minimum Gasteiger partial charge on any atom is -0.368 e. The molecule has 27 heavy (non-hydrogen) atoms. The highest BCUT2D eigenvalue weighted by molar-refractivity contribution is 6.42. The molecule has 4 aromatic rings. The van der Waals surface area contributed by atoms with E-state index in [4.69, 9.17) is 23.2 Å². The van der Waals surface area contributed by atoms with Crippen LogP contribution in [0, 0.1) is 6.92 Å². The van der Waals surface area contributed by atoms with Gasteiger partial charge in [0.15, 0.2) is 5.65 Å². The number of rotatable bonds is 5. The molecular formula is C20H17Cl2N5. The van der Waals surface area contributed by atoms with Gasteiger partial charge in [-0.15, -0.1) is 5.10 Å². The number of halogens is 2. The fourth-order valence-corrected chi connectivity index (χ4v) is 3.21. The average molecular weight is 398 g/mol. The second-order valence-corrected chi connectivity index (χ2v) is 7.02. The zero-order chi connectivity index (χ0) is 18.8.